The van der Waals surface area contributed by atoms with Gasteiger partial charge in [-0.1, -0.05) is 6.92 Å². The summed E-state index contributed by atoms with van der Waals surface area (Å²) in [5.41, 5.74) is 7.15. The number of carbonyl (C=O) groups excluding carboxylic acids is 1. The third-order valence-corrected chi connectivity index (χ3v) is 5.75. The van der Waals surface area contributed by atoms with Crippen molar-refractivity contribution in [1.29, 1.82) is 5.26 Å². The van der Waals surface area contributed by atoms with Gasteiger partial charge in [0.1, 0.15) is 11.1 Å². The minimum absolute atomic E-state index is 0.0110. The number of nitrogens with one attached hydrogen (secondary N) is 1. The number of hydrogen-bond donors (Lipinski definition) is 2. The number of hydrogen-bond acceptors (Lipinski definition) is 4. The number of rotatable bonds is 3. The molecule has 1 aromatic heterocycles. The average molecular weight is 289 g/mol. The van der Waals surface area contributed by atoms with Crippen LogP contribution in [-0.2, 0) is 17.6 Å². The molecule has 0 radical (unpaired) electrons. The van der Waals surface area contributed by atoms with Crippen molar-refractivity contribution in [2.24, 2.45) is 17.1 Å². The van der Waals surface area contributed by atoms with Gasteiger partial charge >= 0.3 is 0 Å². The second-order valence-electron chi connectivity index (χ2n) is 6.11. The minimum Gasteiger partial charge on any atom is -0.329 e. The van der Waals surface area contributed by atoms with E-state index in [2.05, 4.69) is 18.3 Å². The third kappa shape index (κ3) is 2.13. The molecule has 1 atom stereocenters. The number of nitrogens with zero attached hydrogens (tertiary/aromatic N) is 1. The molecule has 1 aromatic rings. The van der Waals surface area contributed by atoms with Gasteiger partial charge in [0.25, 0.3) is 0 Å². The number of fused-ring (bicyclic) bond motifs is 1. The van der Waals surface area contributed by atoms with E-state index in [-0.39, 0.29) is 11.3 Å². The number of nitrogens with two attached hydrogens (primary N) is 1. The van der Waals surface area contributed by atoms with Gasteiger partial charge in [0.15, 0.2) is 0 Å². The van der Waals surface area contributed by atoms with E-state index in [4.69, 9.17) is 5.73 Å². The van der Waals surface area contributed by atoms with Gasteiger partial charge < -0.3 is 11.1 Å². The fourth-order valence-corrected chi connectivity index (χ4v) is 4.22. The molecule has 1 saturated carbocycles. The van der Waals surface area contributed by atoms with Gasteiger partial charge in [0.2, 0.25) is 5.91 Å². The summed E-state index contributed by atoms with van der Waals surface area (Å²) < 4.78 is 0. The lowest BCUT2D eigenvalue weighted by molar-refractivity contribution is -0.120. The fraction of sp³-hybridized carbons (Fsp3) is 0.600. The van der Waals surface area contributed by atoms with E-state index in [1.807, 2.05) is 0 Å². The van der Waals surface area contributed by atoms with E-state index < -0.39 is 0 Å². The molecule has 2 aliphatic carbocycles. The van der Waals surface area contributed by atoms with Crippen LogP contribution in [0.2, 0.25) is 0 Å². The number of anilines is 1. The molecule has 1 heterocycles. The molecule has 5 heteroatoms. The van der Waals surface area contributed by atoms with Crippen molar-refractivity contribution in [2.75, 3.05) is 11.9 Å². The highest BCUT2D eigenvalue weighted by molar-refractivity contribution is 7.16. The molecule has 106 valence electrons. The number of amides is 1. The van der Waals surface area contributed by atoms with Crippen LogP contribution < -0.4 is 11.1 Å². The zero-order chi connectivity index (χ0) is 14.3. The number of carbonyl (C=O) groups is 1. The second kappa shape index (κ2) is 4.87. The van der Waals surface area contributed by atoms with Crippen molar-refractivity contribution >= 4 is 22.2 Å². The fourth-order valence-electron chi connectivity index (χ4n) is 2.87. The van der Waals surface area contributed by atoms with Crippen molar-refractivity contribution in [1.82, 2.24) is 0 Å². The Bertz CT molecular complexity index is 595. The largest absolute Gasteiger partial charge is 0.329 e. The molecule has 1 fully saturated rings. The summed E-state index contributed by atoms with van der Waals surface area (Å²) in [5, 5.41) is 13.1. The maximum absolute atomic E-state index is 12.3. The average Bonchev–Trinajstić information content (AvgIpc) is 3.16. The molecule has 20 heavy (non-hydrogen) atoms. The van der Waals surface area contributed by atoms with Crippen molar-refractivity contribution in [3.63, 3.8) is 0 Å². The molecule has 3 N–H and O–H groups in total. The number of thiophene rings is 1. The highest BCUT2D eigenvalue weighted by atomic mass is 32.1. The third-order valence-electron chi connectivity index (χ3n) is 4.58. The molecular weight excluding hydrogens is 270 g/mol. The van der Waals surface area contributed by atoms with Gasteiger partial charge in [-0.2, -0.15) is 5.26 Å². The SMILES string of the molecule is CC1CCc2c(sc(NC(=O)C3(CN)CC3)c2C#N)C1. The van der Waals surface area contributed by atoms with E-state index in [1.165, 1.54) is 4.88 Å². The Morgan fingerprint density at radius 3 is 2.95 bits per heavy atom. The van der Waals surface area contributed by atoms with Crippen LogP contribution in [-0.4, -0.2) is 12.5 Å². The van der Waals surface area contributed by atoms with Crippen molar-refractivity contribution < 1.29 is 4.79 Å². The predicted octanol–water partition coefficient (Wildman–Crippen LogP) is 2.42. The van der Waals surface area contributed by atoms with Crippen molar-refractivity contribution in [3.05, 3.63) is 16.0 Å². The standard InChI is InChI=1S/C15H19N3OS/c1-9-2-3-10-11(7-16)13(20-12(10)6-9)18-14(19)15(8-17)4-5-15/h9H,2-6,8,17H2,1H3,(H,18,19). The summed E-state index contributed by atoms with van der Waals surface area (Å²) in [7, 11) is 0. The van der Waals surface area contributed by atoms with Gasteiger partial charge in [-0.15, -0.1) is 11.3 Å². The molecule has 1 amide bonds. The van der Waals surface area contributed by atoms with E-state index in [1.54, 1.807) is 11.3 Å². The first-order chi connectivity index (χ1) is 9.59. The Hall–Kier alpha value is -1.38. The lowest BCUT2D eigenvalue weighted by Gasteiger charge is -2.17. The summed E-state index contributed by atoms with van der Waals surface area (Å²) in [5.74, 6) is 0.651. The smallest absolute Gasteiger partial charge is 0.232 e. The molecule has 1 unspecified atom stereocenters. The Balaban J connectivity index is 1.87. The summed E-state index contributed by atoms with van der Waals surface area (Å²) in [4.78, 5) is 13.6. The first kappa shape index (κ1) is 13.6. The van der Waals surface area contributed by atoms with Crippen LogP contribution in [0.4, 0.5) is 5.00 Å². The maximum atomic E-state index is 12.3. The van der Waals surface area contributed by atoms with E-state index >= 15 is 0 Å². The monoisotopic (exact) mass is 289 g/mol. The zero-order valence-corrected chi connectivity index (χ0v) is 12.5. The van der Waals surface area contributed by atoms with Crippen LogP contribution in [0.5, 0.6) is 0 Å². The molecule has 2 aliphatic rings. The number of nitriles is 1. The lowest BCUT2D eigenvalue weighted by Crippen LogP contribution is -2.30. The molecule has 0 aliphatic heterocycles. The summed E-state index contributed by atoms with van der Waals surface area (Å²) in [6, 6.07) is 2.28. The molecule has 0 aromatic carbocycles. The summed E-state index contributed by atoms with van der Waals surface area (Å²) in [6.07, 6.45) is 4.82. The Kier molecular flexibility index (Phi) is 3.31. The van der Waals surface area contributed by atoms with E-state index in [0.717, 1.165) is 42.7 Å². The normalized spacial score (nSPS) is 22.8. The van der Waals surface area contributed by atoms with Crippen LogP contribution in [0.15, 0.2) is 0 Å². The van der Waals surface area contributed by atoms with E-state index in [9.17, 15) is 10.1 Å². The highest BCUT2D eigenvalue weighted by Crippen LogP contribution is 2.46. The molecule has 4 nitrogen and oxygen atoms in total. The van der Waals surface area contributed by atoms with Crippen molar-refractivity contribution in [2.45, 2.75) is 39.0 Å². The van der Waals surface area contributed by atoms with Crippen LogP contribution in [0.3, 0.4) is 0 Å². The summed E-state index contributed by atoms with van der Waals surface area (Å²) in [6.45, 7) is 2.63. The van der Waals surface area contributed by atoms with Gasteiger partial charge in [-0.05, 0) is 43.6 Å². The lowest BCUT2D eigenvalue weighted by atomic mass is 9.88. The molecular formula is C15H19N3OS. The zero-order valence-electron chi connectivity index (χ0n) is 11.7. The van der Waals surface area contributed by atoms with Crippen LogP contribution >= 0.6 is 11.3 Å². The Morgan fingerprint density at radius 1 is 1.60 bits per heavy atom. The predicted molar refractivity (Wildman–Crippen MR) is 79.6 cm³/mol. The Morgan fingerprint density at radius 2 is 2.35 bits per heavy atom. The first-order valence-electron chi connectivity index (χ1n) is 7.16. The van der Waals surface area contributed by atoms with E-state index in [0.29, 0.717) is 18.0 Å². The minimum atomic E-state index is -0.371. The molecule has 3 rings (SSSR count). The maximum Gasteiger partial charge on any atom is 0.232 e. The van der Waals surface area contributed by atoms with Gasteiger partial charge in [-0.25, -0.2) is 0 Å². The van der Waals surface area contributed by atoms with Crippen LogP contribution in [0, 0.1) is 22.7 Å². The van der Waals surface area contributed by atoms with Gasteiger partial charge in [0.05, 0.1) is 11.0 Å². The quantitative estimate of drug-likeness (QED) is 0.897. The van der Waals surface area contributed by atoms with Gasteiger partial charge in [-0.3, -0.25) is 4.79 Å². The molecule has 0 bridgehead atoms. The Labute approximate surface area is 123 Å². The summed E-state index contributed by atoms with van der Waals surface area (Å²) >= 11 is 1.58. The molecule has 0 saturated heterocycles. The first-order valence-corrected chi connectivity index (χ1v) is 7.97. The van der Waals surface area contributed by atoms with Gasteiger partial charge in [0, 0.05) is 11.4 Å². The van der Waals surface area contributed by atoms with Crippen LogP contribution in [0.1, 0.15) is 42.2 Å². The van der Waals surface area contributed by atoms with Crippen LogP contribution in [0.25, 0.3) is 0 Å². The van der Waals surface area contributed by atoms with Crippen molar-refractivity contribution in [3.8, 4) is 6.07 Å². The second-order valence-corrected chi connectivity index (χ2v) is 7.21. The topological polar surface area (TPSA) is 78.9 Å². The highest BCUT2D eigenvalue weighted by Gasteiger charge is 2.48. The molecule has 0 spiro atoms.